The number of nitrogens with one attached hydrogen (secondary N) is 2. The molecule has 0 atom stereocenters. The van der Waals surface area contributed by atoms with Gasteiger partial charge < -0.3 is 9.84 Å². The molecule has 4 rings (SSSR count). The quantitative estimate of drug-likeness (QED) is 0.471. The molecule has 0 spiro atoms. The van der Waals surface area contributed by atoms with Crippen molar-refractivity contribution in [1.82, 2.24) is 10.1 Å². The van der Waals surface area contributed by atoms with Crippen LogP contribution < -0.4 is 10.0 Å². The van der Waals surface area contributed by atoms with Crippen molar-refractivity contribution in [3.05, 3.63) is 90.6 Å². The number of hydrogen-bond donors (Lipinski definition) is 2. The minimum Gasteiger partial charge on any atom is -0.355 e. The van der Waals surface area contributed by atoms with Crippen molar-refractivity contribution in [2.45, 2.75) is 4.90 Å². The topological polar surface area (TPSA) is 114 Å². The molecule has 8 nitrogen and oxygen atoms in total. The summed E-state index contributed by atoms with van der Waals surface area (Å²) in [4.78, 5) is 16.3. The van der Waals surface area contributed by atoms with E-state index in [1.165, 1.54) is 48.5 Å². The number of carbonyl (C=O) groups is 1. The van der Waals surface area contributed by atoms with E-state index in [9.17, 15) is 17.6 Å². The van der Waals surface area contributed by atoms with Gasteiger partial charge in [0.25, 0.3) is 15.9 Å². The average Bonchev–Trinajstić information content (AvgIpc) is 3.25. The Morgan fingerprint density at radius 1 is 0.968 bits per heavy atom. The third kappa shape index (κ3) is 4.75. The van der Waals surface area contributed by atoms with E-state index in [-0.39, 0.29) is 16.3 Å². The Morgan fingerprint density at radius 3 is 2.48 bits per heavy atom. The molecule has 2 aromatic heterocycles. The van der Waals surface area contributed by atoms with Crippen LogP contribution in [-0.2, 0) is 10.0 Å². The number of benzene rings is 2. The number of carbonyl (C=O) groups excluding carboxylic acids is 1. The first-order valence-corrected chi connectivity index (χ1v) is 10.5. The van der Waals surface area contributed by atoms with Gasteiger partial charge in [0.2, 0.25) is 0 Å². The van der Waals surface area contributed by atoms with E-state index in [4.69, 9.17) is 4.52 Å². The van der Waals surface area contributed by atoms with Gasteiger partial charge in [-0.25, -0.2) is 12.8 Å². The third-order valence-corrected chi connectivity index (χ3v) is 5.59. The first kappa shape index (κ1) is 20.2. The van der Waals surface area contributed by atoms with Crippen molar-refractivity contribution >= 4 is 27.3 Å². The van der Waals surface area contributed by atoms with E-state index in [1.807, 2.05) is 0 Å². The molecule has 0 fully saturated rings. The summed E-state index contributed by atoms with van der Waals surface area (Å²) < 4.78 is 45.7. The summed E-state index contributed by atoms with van der Waals surface area (Å²) in [6, 6.07) is 15.6. The smallest absolute Gasteiger partial charge is 0.277 e. The Kier molecular flexibility index (Phi) is 5.46. The Balaban J connectivity index is 1.45. The minimum absolute atomic E-state index is 0.0462. The van der Waals surface area contributed by atoms with Gasteiger partial charge in [-0.2, -0.15) is 0 Å². The summed E-state index contributed by atoms with van der Waals surface area (Å²) in [7, 11) is -3.92. The van der Waals surface area contributed by atoms with Crippen LogP contribution in [0.15, 0.2) is 88.5 Å². The highest BCUT2D eigenvalue weighted by Gasteiger charge is 2.17. The Morgan fingerprint density at radius 2 is 1.77 bits per heavy atom. The molecule has 0 aliphatic carbocycles. The van der Waals surface area contributed by atoms with E-state index >= 15 is 0 Å². The molecule has 10 heteroatoms. The molecule has 0 aliphatic rings. The second kappa shape index (κ2) is 8.36. The van der Waals surface area contributed by atoms with E-state index in [2.05, 4.69) is 20.2 Å². The first-order valence-electron chi connectivity index (χ1n) is 8.98. The number of rotatable bonds is 6. The maximum Gasteiger partial charge on any atom is 0.277 e. The fraction of sp³-hybridized carbons (Fsp3) is 0. The van der Waals surface area contributed by atoms with Gasteiger partial charge >= 0.3 is 0 Å². The van der Waals surface area contributed by atoms with Crippen LogP contribution in [0, 0.1) is 5.82 Å². The van der Waals surface area contributed by atoms with Gasteiger partial charge in [-0.15, -0.1) is 0 Å². The van der Waals surface area contributed by atoms with Gasteiger partial charge in [0.1, 0.15) is 5.82 Å². The molecule has 0 saturated carbocycles. The van der Waals surface area contributed by atoms with Crippen molar-refractivity contribution in [1.29, 1.82) is 0 Å². The molecule has 156 valence electrons. The highest BCUT2D eigenvalue weighted by atomic mass is 32.2. The van der Waals surface area contributed by atoms with E-state index < -0.39 is 21.7 Å². The van der Waals surface area contributed by atoms with Crippen molar-refractivity contribution < 1.29 is 22.1 Å². The normalized spacial score (nSPS) is 11.1. The molecular formula is C21H15FN4O4S. The van der Waals surface area contributed by atoms with Crippen LogP contribution >= 0.6 is 0 Å². The lowest BCUT2D eigenvalue weighted by molar-refractivity contribution is 0.101. The lowest BCUT2D eigenvalue weighted by atomic mass is 10.2. The SMILES string of the molecule is O=C(Nc1ccc(S(=O)(=O)Nc2cccc(F)c2)cc1)c1cc(-c2cccnc2)on1. The number of aromatic nitrogens is 2. The van der Waals surface area contributed by atoms with Gasteiger partial charge in [0.05, 0.1) is 10.6 Å². The van der Waals surface area contributed by atoms with Crippen LogP contribution in [0.25, 0.3) is 11.3 Å². The standard InChI is InChI=1S/C21H15FN4O4S/c22-15-4-1-5-17(11-15)26-31(28,29)18-8-6-16(7-9-18)24-21(27)19-12-20(30-25-19)14-3-2-10-23-13-14/h1-13,26H,(H,24,27). The second-order valence-electron chi connectivity index (χ2n) is 6.41. The summed E-state index contributed by atoms with van der Waals surface area (Å²) in [6.45, 7) is 0. The van der Waals surface area contributed by atoms with E-state index in [0.29, 0.717) is 17.0 Å². The zero-order valence-corrected chi connectivity index (χ0v) is 16.6. The molecule has 31 heavy (non-hydrogen) atoms. The Hall–Kier alpha value is -4.05. The molecule has 2 aromatic carbocycles. The van der Waals surface area contributed by atoms with E-state index in [1.54, 1.807) is 24.5 Å². The number of pyridine rings is 1. The second-order valence-corrected chi connectivity index (χ2v) is 8.09. The summed E-state index contributed by atoms with van der Waals surface area (Å²) in [5.41, 5.74) is 1.20. The van der Waals surface area contributed by atoms with Crippen molar-refractivity contribution in [2.75, 3.05) is 10.0 Å². The number of hydrogen-bond acceptors (Lipinski definition) is 6. The van der Waals surface area contributed by atoms with Crippen LogP contribution in [-0.4, -0.2) is 24.5 Å². The van der Waals surface area contributed by atoms with Crippen LogP contribution in [0.3, 0.4) is 0 Å². The lowest BCUT2D eigenvalue weighted by Crippen LogP contribution is -2.14. The van der Waals surface area contributed by atoms with Gasteiger partial charge in [-0.1, -0.05) is 11.2 Å². The first-order chi connectivity index (χ1) is 14.9. The molecule has 1 amide bonds. The Bertz CT molecular complexity index is 1320. The zero-order valence-electron chi connectivity index (χ0n) is 15.8. The molecule has 4 aromatic rings. The lowest BCUT2D eigenvalue weighted by Gasteiger charge is -2.09. The fourth-order valence-electron chi connectivity index (χ4n) is 2.71. The van der Waals surface area contributed by atoms with Crippen LogP contribution in [0.1, 0.15) is 10.5 Å². The van der Waals surface area contributed by atoms with Gasteiger partial charge in [-0.05, 0) is 54.6 Å². The highest BCUT2D eigenvalue weighted by Crippen LogP contribution is 2.21. The average molecular weight is 438 g/mol. The number of halogens is 1. The number of nitrogens with zero attached hydrogens (tertiary/aromatic N) is 2. The zero-order chi connectivity index (χ0) is 21.8. The summed E-state index contributed by atoms with van der Waals surface area (Å²) >= 11 is 0. The third-order valence-electron chi connectivity index (χ3n) is 4.19. The maximum atomic E-state index is 13.3. The minimum atomic E-state index is -3.92. The van der Waals surface area contributed by atoms with Crippen LogP contribution in [0.5, 0.6) is 0 Å². The summed E-state index contributed by atoms with van der Waals surface area (Å²) in [5, 5.41) is 6.37. The molecule has 0 saturated heterocycles. The maximum absolute atomic E-state index is 13.3. The molecule has 0 radical (unpaired) electrons. The largest absolute Gasteiger partial charge is 0.355 e. The predicted molar refractivity (Wildman–Crippen MR) is 111 cm³/mol. The fourth-order valence-corrected chi connectivity index (χ4v) is 3.75. The van der Waals surface area contributed by atoms with Crippen LogP contribution in [0.4, 0.5) is 15.8 Å². The van der Waals surface area contributed by atoms with Crippen LogP contribution in [0.2, 0.25) is 0 Å². The van der Waals surface area contributed by atoms with Crippen molar-refractivity contribution in [3.8, 4) is 11.3 Å². The summed E-state index contributed by atoms with van der Waals surface area (Å²) in [6.07, 6.45) is 3.20. The monoisotopic (exact) mass is 438 g/mol. The molecular weight excluding hydrogens is 423 g/mol. The number of anilines is 2. The number of amides is 1. The van der Waals surface area contributed by atoms with Gasteiger partial charge in [-0.3, -0.25) is 14.5 Å². The molecule has 0 unspecified atom stereocenters. The van der Waals surface area contributed by atoms with Gasteiger partial charge in [0, 0.05) is 29.7 Å². The van der Waals surface area contributed by atoms with Crippen molar-refractivity contribution in [2.24, 2.45) is 0 Å². The Labute approximate surface area is 176 Å². The highest BCUT2D eigenvalue weighted by molar-refractivity contribution is 7.92. The summed E-state index contributed by atoms with van der Waals surface area (Å²) in [5.74, 6) is -0.687. The predicted octanol–water partition coefficient (Wildman–Crippen LogP) is 3.93. The number of sulfonamides is 1. The molecule has 2 N–H and O–H groups in total. The van der Waals surface area contributed by atoms with Gasteiger partial charge in [0.15, 0.2) is 11.5 Å². The molecule has 0 aliphatic heterocycles. The molecule has 2 heterocycles. The molecule has 0 bridgehead atoms. The van der Waals surface area contributed by atoms with Crippen molar-refractivity contribution in [3.63, 3.8) is 0 Å². The van der Waals surface area contributed by atoms with E-state index in [0.717, 1.165) is 6.07 Å².